The van der Waals surface area contributed by atoms with E-state index in [0.717, 1.165) is 71.9 Å². The van der Waals surface area contributed by atoms with Crippen molar-refractivity contribution < 1.29 is 14.2 Å². The Bertz CT molecular complexity index is 527. The highest BCUT2D eigenvalue weighted by atomic mass is 16.5. The van der Waals surface area contributed by atoms with Crippen LogP contribution in [0.25, 0.3) is 0 Å². The molecule has 0 unspecified atom stereocenters. The van der Waals surface area contributed by atoms with Crippen molar-refractivity contribution in [3.8, 4) is 0 Å². The van der Waals surface area contributed by atoms with Crippen molar-refractivity contribution in [3.05, 3.63) is 30.1 Å². The molecule has 3 aliphatic rings. The van der Waals surface area contributed by atoms with Crippen LogP contribution in [-0.2, 0) is 20.8 Å². The minimum absolute atomic E-state index is 0.0923. The smallest absolute Gasteiger partial charge is 0.0964 e. The molecule has 1 aromatic rings. The van der Waals surface area contributed by atoms with Gasteiger partial charge in [-0.3, -0.25) is 9.88 Å². The Hall–Kier alpha value is -1.01. The summed E-state index contributed by atoms with van der Waals surface area (Å²) in [5.74, 6) is 1.35. The number of nitrogens with zero attached hydrogens (tertiary/aromatic N) is 2. The van der Waals surface area contributed by atoms with E-state index in [0.29, 0.717) is 11.8 Å². The molecule has 1 aromatic heterocycles. The monoisotopic (exact) mass is 346 g/mol. The predicted octanol–water partition coefficient (Wildman–Crippen LogP) is 2.51. The Kier molecular flexibility index (Phi) is 5.66. The van der Waals surface area contributed by atoms with Gasteiger partial charge in [-0.15, -0.1) is 0 Å². The summed E-state index contributed by atoms with van der Waals surface area (Å²) in [4.78, 5) is 6.57. The molecule has 3 saturated heterocycles. The van der Waals surface area contributed by atoms with Gasteiger partial charge < -0.3 is 14.2 Å². The first-order valence-electron chi connectivity index (χ1n) is 9.75. The highest BCUT2D eigenvalue weighted by Crippen LogP contribution is 2.42. The molecule has 0 N–H and O–H groups in total. The fraction of sp³-hybridized carbons (Fsp3) is 0.750. The minimum atomic E-state index is 0.0923. The fourth-order valence-electron chi connectivity index (χ4n) is 4.50. The number of hydrogen-bond acceptors (Lipinski definition) is 5. The normalized spacial score (nSPS) is 26.8. The van der Waals surface area contributed by atoms with Gasteiger partial charge in [-0.1, -0.05) is 0 Å². The van der Waals surface area contributed by atoms with E-state index in [1.807, 2.05) is 12.4 Å². The number of rotatable bonds is 7. The summed E-state index contributed by atoms with van der Waals surface area (Å²) in [5.41, 5.74) is 1.42. The predicted molar refractivity (Wildman–Crippen MR) is 95.3 cm³/mol. The molecule has 5 heteroatoms. The third-order valence-corrected chi connectivity index (χ3v) is 6.04. The van der Waals surface area contributed by atoms with E-state index in [4.69, 9.17) is 14.2 Å². The van der Waals surface area contributed by atoms with Crippen LogP contribution in [0, 0.1) is 11.8 Å². The standard InChI is InChI=1S/C20H30N2O3/c1-7-21-8-2-17(1)13-22-15-20(16-22)19(6-12-25-20)5-11-24-14-18-3-9-23-10-4-18/h1-2,7-8,18-19H,3-6,9-16H2/t19-/m1/s1. The first-order chi connectivity index (χ1) is 12.3. The van der Waals surface area contributed by atoms with E-state index < -0.39 is 0 Å². The first kappa shape index (κ1) is 17.4. The number of ether oxygens (including phenoxy) is 3. The van der Waals surface area contributed by atoms with Crippen LogP contribution in [0.4, 0.5) is 0 Å². The zero-order valence-corrected chi connectivity index (χ0v) is 15.1. The molecule has 0 aliphatic carbocycles. The Morgan fingerprint density at radius 3 is 2.72 bits per heavy atom. The Morgan fingerprint density at radius 1 is 1.12 bits per heavy atom. The highest BCUT2D eigenvalue weighted by molar-refractivity contribution is 5.13. The molecule has 138 valence electrons. The summed E-state index contributed by atoms with van der Waals surface area (Å²) < 4.78 is 17.6. The minimum Gasteiger partial charge on any atom is -0.381 e. The lowest BCUT2D eigenvalue weighted by molar-refractivity contribution is -0.139. The maximum absolute atomic E-state index is 6.18. The molecule has 1 spiro atoms. The molecule has 4 rings (SSSR count). The van der Waals surface area contributed by atoms with E-state index in [9.17, 15) is 0 Å². The highest BCUT2D eigenvalue weighted by Gasteiger charge is 2.52. The molecule has 0 amide bonds. The lowest BCUT2D eigenvalue weighted by Gasteiger charge is -2.50. The summed E-state index contributed by atoms with van der Waals surface area (Å²) in [6.07, 6.45) is 8.36. The summed E-state index contributed by atoms with van der Waals surface area (Å²) in [7, 11) is 0. The Balaban J connectivity index is 1.18. The Labute approximate surface area is 150 Å². The summed E-state index contributed by atoms with van der Waals surface area (Å²) in [6, 6.07) is 4.20. The second-order valence-corrected chi connectivity index (χ2v) is 7.82. The quantitative estimate of drug-likeness (QED) is 0.710. The number of aromatic nitrogens is 1. The lowest BCUT2D eigenvalue weighted by Crippen LogP contribution is -2.64. The van der Waals surface area contributed by atoms with Gasteiger partial charge in [0.15, 0.2) is 0 Å². The van der Waals surface area contributed by atoms with Gasteiger partial charge in [0.1, 0.15) is 0 Å². The summed E-state index contributed by atoms with van der Waals surface area (Å²) in [5, 5.41) is 0. The molecular weight excluding hydrogens is 316 g/mol. The lowest BCUT2D eigenvalue weighted by atomic mass is 9.79. The zero-order chi connectivity index (χ0) is 17.0. The van der Waals surface area contributed by atoms with E-state index >= 15 is 0 Å². The molecule has 0 saturated carbocycles. The molecule has 5 nitrogen and oxygen atoms in total. The van der Waals surface area contributed by atoms with Gasteiger partial charge >= 0.3 is 0 Å². The van der Waals surface area contributed by atoms with Gasteiger partial charge in [0, 0.05) is 65.1 Å². The molecule has 25 heavy (non-hydrogen) atoms. The number of hydrogen-bond donors (Lipinski definition) is 0. The van der Waals surface area contributed by atoms with Crippen molar-refractivity contribution in [1.82, 2.24) is 9.88 Å². The second kappa shape index (κ2) is 8.12. The van der Waals surface area contributed by atoms with Gasteiger partial charge in [0.05, 0.1) is 5.60 Å². The van der Waals surface area contributed by atoms with E-state index in [1.165, 1.54) is 12.0 Å². The number of pyridine rings is 1. The van der Waals surface area contributed by atoms with Crippen LogP contribution in [0.2, 0.25) is 0 Å². The fourth-order valence-corrected chi connectivity index (χ4v) is 4.50. The van der Waals surface area contributed by atoms with Gasteiger partial charge in [-0.05, 0) is 55.2 Å². The van der Waals surface area contributed by atoms with Crippen LogP contribution in [-0.4, -0.2) is 61.6 Å². The third kappa shape index (κ3) is 4.22. The van der Waals surface area contributed by atoms with Crippen molar-refractivity contribution in [3.63, 3.8) is 0 Å². The van der Waals surface area contributed by atoms with Crippen molar-refractivity contribution in [2.75, 3.05) is 46.1 Å². The second-order valence-electron chi connectivity index (χ2n) is 7.82. The van der Waals surface area contributed by atoms with Crippen LogP contribution in [0.3, 0.4) is 0 Å². The maximum Gasteiger partial charge on any atom is 0.0964 e. The summed E-state index contributed by atoms with van der Waals surface area (Å²) in [6.45, 7) is 7.60. The van der Waals surface area contributed by atoms with Crippen LogP contribution in [0.1, 0.15) is 31.2 Å². The van der Waals surface area contributed by atoms with Gasteiger partial charge in [0.2, 0.25) is 0 Å². The van der Waals surface area contributed by atoms with E-state index in [2.05, 4.69) is 22.0 Å². The average molecular weight is 346 g/mol. The van der Waals surface area contributed by atoms with Crippen molar-refractivity contribution >= 4 is 0 Å². The molecule has 1 atom stereocenters. The topological polar surface area (TPSA) is 43.8 Å². The van der Waals surface area contributed by atoms with Gasteiger partial charge in [-0.2, -0.15) is 0 Å². The molecular formula is C20H30N2O3. The molecule has 0 aromatic carbocycles. The molecule has 0 bridgehead atoms. The van der Waals surface area contributed by atoms with Crippen LogP contribution in [0.5, 0.6) is 0 Å². The van der Waals surface area contributed by atoms with Crippen LogP contribution >= 0.6 is 0 Å². The average Bonchev–Trinajstić information content (AvgIpc) is 3.04. The largest absolute Gasteiger partial charge is 0.381 e. The van der Waals surface area contributed by atoms with Crippen molar-refractivity contribution in [2.24, 2.45) is 11.8 Å². The molecule has 4 heterocycles. The van der Waals surface area contributed by atoms with Crippen molar-refractivity contribution in [2.45, 2.75) is 37.8 Å². The SMILES string of the molecule is c1cc(CN2CC3(C2)OCC[C@H]3CCOCC2CCOCC2)ccn1. The van der Waals surface area contributed by atoms with E-state index in [-0.39, 0.29) is 5.60 Å². The maximum atomic E-state index is 6.18. The molecule has 0 radical (unpaired) electrons. The van der Waals surface area contributed by atoms with Gasteiger partial charge in [0.25, 0.3) is 0 Å². The zero-order valence-electron chi connectivity index (χ0n) is 15.1. The van der Waals surface area contributed by atoms with Gasteiger partial charge in [-0.25, -0.2) is 0 Å². The van der Waals surface area contributed by atoms with Crippen LogP contribution in [0.15, 0.2) is 24.5 Å². The first-order valence-corrected chi connectivity index (χ1v) is 9.75. The Morgan fingerprint density at radius 2 is 1.92 bits per heavy atom. The summed E-state index contributed by atoms with van der Waals surface area (Å²) >= 11 is 0. The van der Waals surface area contributed by atoms with Crippen LogP contribution < -0.4 is 0 Å². The van der Waals surface area contributed by atoms with E-state index in [1.54, 1.807) is 0 Å². The molecule has 3 aliphatic heterocycles. The van der Waals surface area contributed by atoms with Crippen molar-refractivity contribution in [1.29, 1.82) is 0 Å². The number of likely N-dealkylation sites (tertiary alicyclic amines) is 1. The molecule has 3 fully saturated rings. The third-order valence-electron chi connectivity index (χ3n) is 6.04.